The van der Waals surface area contributed by atoms with Gasteiger partial charge in [-0.15, -0.1) is 0 Å². The van der Waals surface area contributed by atoms with Crippen molar-refractivity contribution in [3.63, 3.8) is 0 Å². The maximum absolute atomic E-state index is 13.0. The van der Waals surface area contributed by atoms with Gasteiger partial charge in [0.05, 0.1) is 31.1 Å². The molecule has 6 heteroatoms. The smallest absolute Gasteiger partial charge is 0.312 e. The van der Waals surface area contributed by atoms with Crippen LogP contribution in [0.5, 0.6) is 0 Å². The number of hydrogen-bond donors (Lipinski definition) is 0. The molecule has 0 spiro atoms. The molecule has 0 saturated carbocycles. The van der Waals surface area contributed by atoms with E-state index < -0.39 is 5.41 Å². The Hall–Kier alpha value is -2.47. The fourth-order valence-electron chi connectivity index (χ4n) is 3.55. The van der Waals surface area contributed by atoms with E-state index in [1.807, 2.05) is 41.8 Å². The van der Waals surface area contributed by atoms with E-state index in [0.717, 1.165) is 5.56 Å². The highest BCUT2D eigenvalue weighted by Gasteiger charge is 2.43. The summed E-state index contributed by atoms with van der Waals surface area (Å²) in [5, 5.41) is 0. The van der Waals surface area contributed by atoms with Gasteiger partial charge in [0.25, 0.3) is 0 Å². The number of ketones is 1. The number of ether oxygens (including phenoxy) is 2. The van der Waals surface area contributed by atoms with Crippen molar-refractivity contribution in [1.29, 1.82) is 0 Å². The van der Waals surface area contributed by atoms with Crippen molar-refractivity contribution in [2.24, 2.45) is 5.41 Å². The minimum Gasteiger partial charge on any atom is -0.469 e. The van der Waals surface area contributed by atoms with Crippen LogP contribution < -0.4 is 0 Å². The molecular formula is C20H24N2O4. The molecule has 0 radical (unpaired) electrons. The summed E-state index contributed by atoms with van der Waals surface area (Å²) in [6.45, 7) is 2.95. The van der Waals surface area contributed by atoms with Crippen LogP contribution in [0.3, 0.4) is 0 Å². The molecule has 6 nitrogen and oxygen atoms in total. The Morgan fingerprint density at radius 2 is 1.96 bits per heavy atom. The summed E-state index contributed by atoms with van der Waals surface area (Å²) in [5.74, 6) is -0.436. The van der Waals surface area contributed by atoms with E-state index in [0.29, 0.717) is 31.7 Å². The first-order valence-corrected chi connectivity index (χ1v) is 8.83. The predicted octanol–water partition coefficient (Wildman–Crippen LogP) is 3.04. The van der Waals surface area contributed by atoms with Gasteiger partial charge in [-0.3, -0.25) is 9.59 Å². The summed E-state index contributed by atoms with van der Waals surface area (Å²) in [6.07, 6.45) is 4.34. The molecule has 0 N–H and O–H groups in total. The third-order valence-corrected chi connectivity index (χ3v) is 5.22. The zero-order chi connectivity index (χ0) is 18.6. The number of hydrogen-bond acceptors (Lipinski definition) is 5. The quantitative estimate of drug-likeness (QED) is 0.588. The highest BCUT2D eigenvalue weighted by atomic mass is 16.5. The van der Waals surface area contributed by atoms with Crippen LogP contribution in [0.25, 0.3) is 0 Å². The van der Waals surface area contributed by atoms with Gasteiger partial charge in [0.1, 0.15) is 5.69 Å². The van der Waals surface area contributed by atoms with Crippen LogP contribution in [0.15, 0.2) is 42.9 Å². The molecule has 2 heterocycles. The van der Waals surface area contributed by atoms with E-state index in [1.165, 1.54) is 7.11 Å². The Kier molecular flexibility index (Phi) is 5.52. The topological polar surface area (TPSA) is 70.4 Å². The number of benzene rings is 1. The minimum absolute atomic E-state index is 0.0265. The van der Waals surface area contributed by atoms with E-state index in [4.69, 9.17) is 9.47 Å². The molecule has 1 atom stereocenters. The molecule has 1 fully saturated rings. The first kappa shape index (κ1) is 18.3. The van der Waals surface area contributed by atoms with E-state index in [-0.39, 0.29) is 24.2 Å². The minimum atomic E-state index is -0.810. The summed E-state index contributed by atoms with van der Waals surface area (Å²) in [6, 6.07) is 9.92. The van der Waals surface area contributed by atoms with Crippen LogP contribution in [0.1, 0.15) is 48.3 Å². The van der Waals surface area contributed by atoms with Crippen molar-refractivity contribution in [2.45, 2.75) is 32.2 Å². The van der Waals surface area contributed by atoms with Gasteiger partial charge in [-0.2, -0.15) is 0 Å². The van der Waals surface area contributed by atoms with Crippen molar-refractivity contribution in [2.75, 3.05) is 20.3 Å². The molecule has 1 aliphatic rings. The molecule has 1 saturated heterocycles. The van der Waals surface area contributed by atoms with Gasteiger partial charge in [-0.1, -0.05) is 30.3 Å². The molecule has 138 valence electrons. The third kappa shape index (κ3) is 3.55. The van der Waals surface area contributed by atoms with Crippen molar-refractivity contribution in [3.8, 4) is 0 Å². The second-order valence-corrected chi connectivity index (χ2v) is 6.76. The largest absolute Gasteiger partial charge is 0.469 e. The number of Topliss-reactive ketones (excluding diaryl/α,β-unsaturated/α-hetero) is 1. The van der Waals surface area contributed by atoms with Gasteiger partial charge in [0.2, 0.25) is 0 Å². The maximum atomic E-state index is 13.0. The van der Waals surface area contributed by atoms with Gasteiger partial charge >= 0.3 is 5.97 Å². The standard InChI is InChI=1S/C20H24N2O4/c1-15(16-6-4-3-5-7-16)22-14-21-13-17(22)18(23)12-20(19(24)25-2)8-10-26-11-9-20/h3-7,13-15H,8-12H2,1-2H3/t15-/m1/s1. The molecule has 0 unspecified atom stereocenters. The Balaban J connectivity index is 1.84. The first-order valence-electron chi connectivity index (χ1n) is 8.83. The van der Waals surface area contributed by atoms with Crippen LogP contribution in [-0.2, 0) is 14.3 Å². The van der Waals surface area contributed by atoms with Gasteiger partial charge in [-0.05, 0) is 25.3 Å². The molecule has 1 aromatic heterocycles. The number of rotatable bonds is 6. The van der Waals surface area contributed by atoms with Crippen LogP contribution in [0, 0.1) is 5.41 Å². The molecule has 1 aromatic carbocycles. The molecule has 2 aromatic rings. The summed E-state index contributed by atoms with van der Waals surface area (Å²) in [5.41, 5.74) is 0.791. The molecule has 0 aliphatic carbocycles. The molecule has 0 bridgehead atoms. The average Bonchev–Trinajstić information content (AvgIpc) is 3.18. The maximum Gasteiger partial charge on any atom is 0.312 e. The zero-order valence-corrected chi connectivity index (χ0v) is 15.2. The van der Waals surface area contributed by atoms with Crippen molar-refractivity contribution in [3.05, 3.63) is 54.1 Å². The molecular weight excluding hydrogens is 332 g/mol. The number of carbonyl (C=O) groups excluding carboxylic acids is 2. The summed E-state index contributed by atoms with van der Waals surface area (Å²) in [7, 11) is 1.37. The lowest BCUT2D eigenvalue weighted by Gasteiger charge is -2.33. The SMILES string of the molecule is COC(=O)C1(CC(=O)c2cncn2[C@H](C)c2ccccc2)CCOCC1. The number of carbonyl (C=O) groups is 2. The van der Waals surface area contributed by atoms with E-state index in [9.17, 15) is 9.59 Å². The van der Waals surface area contributed by atoms with Crippen LogP contribution in [0.4, 0.5) is 0 Å². The predicted molar refractivity (Wildman–Crippen MR) is 95.9 cm³/mol. The summed E-state index contributed by atoms with van der Waals surface area (Å²) in [4.78, 5) is 29.6. The van der Waals surface area contributed by atoms with Crippen LogP contribution in [0.2, 0.25) is 0 Å². The van der Waals surface area contributed by atoms with Crippen molar-refractivity contribution in [1.82, 2.24) is 9.55 Å². The Labute approximate surface area is 153 Å². The molecule has 26 heavy (non-hydrogen) atoms. The monoisotopic (exact) mass is 356 g/mol. The lowest BCUT2D eigenvalue weighted by molar-refractivity contribution is -0.158. The lowest BCUT2D eigenvalue weighted by atomic mass is 9.75. The van der Waals surface area contributed by atoms with Gasteiger partial charge in [0.15, 0.2) is 5.78 Å². The van der Waals surface area contributed by atoms with Gasteiger partial charge < -0.3 is 14.0 Å². The first-order chi connectivity index (χ1) is 12.6. The van der Waals surface area contributed by atoms with E-state index in [1.54, 1.807) is 12.5 Å². The van der Waals surface area contributed by atoms with Crippen molar-refractivity contribution < 1.29 is 19.1 Å². The summed E-state index contributed by atoms with van der Waals surface area (Å²) < 4.78 is 12.2. The highest BCUT2D eigenvalue weighted by Crippen LogP contribution is 2.37. The second-order valence-electron chi connectivity index (χ2n) is 6.76. The second kappa shape index (κ2) is 7.83. The molecule has 1 aliphatic heterocycles. The fourth-order valence-corrected chi connectivity index (χ4v) is 3.55. The Morgan fingerprint density at radius 1 is 1.27 bits per heavy atom. The fraction of sp³-hybridized carbons (Fsp3) is 0.450. The van der Waals surface area contributed by atoms with E-state index >= 15 is 0 Å². The number of aromatic nitrogens is 2. The average molecular weight is 356 g/mol. The number of methoxy groups -OCH3 is 1. The third-order valence-electron chi connectivity index (χ3n) is 5.22. The number of imidazole rings is 1. The zero-order valence-electron chi connectivity index (χ0n) is 15.2. The van der Waals surface area contributed by atoms with Gasteiger partial charge in [0, 0.05) is 19.6 Å². The van der Waals surface area contributed by atoms with E-state index in [2.05, 4.69) is 4.98 Å². The lowest BCUT2D eigenvalue weighted by Crippen LogP contribution is -2.40. The molecule has 3 rings (SSSR count). The highest BCUT2D eigenvalue weighted by molar-refractivity contribution is 5.97. The normalized spacial score (nSPS) is 17.5. The van der Waals surface area contributed by atoms with Crippen molar-refractivity contribution >= 4 is 11.8 Å². The van der Waals surface area contributed by atoms with Crippen LogP contribution in [-0.4, -0.2) is 41.6 Å². The number of esters is 1. The number of nitrogens with zero attached hydrogens (tertiary/aromatic N) is 2. The van der Waals surface area contributed by atoms with Crippen LogP contribution >= 0.6 is 0 Å². The Bertz CT molecular complexity index is 763. The van der Waals surface area contributed by atoms with Gasteiger partial charge in [-0.25, -0.2) is 4.98 Å². The summed E-state index contributed by atoms with van der Waals surface area (Å²) >= 11 is 0. The molecule has 0 amide bonds. The Morgan fingerprint density at radius 3 is 2.62 bits per heavy atom.